The Balaban J connectivity index is 1.40. The van der Waals surface area contributed by atoms with Crippen LogP contribution in [0.25, 0.3) is 17.0 Å². The van der Waals surface area contributed by atoms with Gasteiger partial charge in [-0.2, -0.15) is 4.52 Å². The third-order valence-electron chi connectivity index (χ3n) is 5.48. The van der Waals surface area contributed by atoms with E-state index in [0.29, 0.717) is 42.5 Å². The molecule has 0 unspecified atom stereocenters. The lowest BCUT2D eigenvalue weighted by Gasteiger charge is -2.24. The fraction of sp³-hybridized carbons (Fsp3) is 0.333. The van der Waals surface area contributed by atoms with E-state index in [2.05, 4.69) is 30.0 Å². The molecule has 0 bridgehead atoms. The van der Waals surface area contributed by atoms with Crippen molar-refractivity contribution in [1.82, 2.24) is 34.8 Å². The largest absolute Gasteiger partial charge is 0.353 e. The number of pyridine rings is 1. The normalized spacial score (nSPS) is 14.8. The minimum atomic E-state index is -0.315. The average Bonchev–Trinajstić information content (AvgIpc) is 3.08. The molecule has 0 aromatic carbocycles. The van der Waals surface area contributed by atoms with E-state index < -0.39 is 0 Å². The van der Waals surface area contributed by atoms with Crippen LogP contribution in [0.3, 0.4) is 0 Å². The van der Waals surface area contributed by atoms with Crippen LogP contribution in [0.4, 0.5) is 16.0 Å². The van der Waals surface area contributed by atoms with E-state index in [-0.39, 0.29) is 5.82 Å². The van der Waals surface area contributed by atoms with Gasteiger partial charge in [-0.3, -0.25) is 4.98 Å². The second kappa shape index (κ2) is 8.21. The summed E-state index contributed by atoms with van der Waals surface area (Å²) in [7, 11) is 0. The van der Waals surface area contributed by atoms with Gasteiger partial charge in [-0.1, -0.05) is 6.92 Å². The maximum atomic E-state index is 14.7. The molecular weight excluding hydrogens is 397 g/mol. The molecule has 1 fully saturated rings. The van der Waals surface area contributed by atoms with Crippen LogP contribution in [0.15, 0.2) is 43.0 Å². The number of halogens is 1. The molecular formula is C21H22FN9. The van der Waals surface area contributed by atoms with Gasteiger partial charge in [0.1, 0.15) is 12.1 Å². The standard InChI is InChI=1S/C21H22FN9/c1-2-16-19(22)21(25-14-24-16)30-11-3-10-29(12-13-30)18-5-4-17-26-27-20(31(17)28-18)15-6-8-23-9-7-15/h4-9,14H,2-3,10-13H2,1H3. The summed E-state index contributed by atoms with van der Waals surface area (Å²) in [6, 6.07) is 7.64. The molecule has 5 rings (SSSR count). The van der Waals surface area contributed by atoms with Crippen LogP contribution >= 0.6 is 0 Å². The van der Waals surface area contributed by atoms with Crippen LogP contribution in [0.5, 0.6) is 0 Å². The van der Waals surface area contributed by atoms with Crippen molar-refractivity contribution in [2.24, 2.45) is 0 Å². The van der Waals surface area contributed by atoms with Gasteiger partial charge in [-0.05, 0) is 37.1 Å². The van der Waals surface area contributed by atoms with E-state index in [4.69, 9.17) is 5.10 Å². The van der Waals surface area contributed by atoms with E-state index in [1.165, 1.54) is 6.33 Å². The SMILES string of the molecule is CCc1ncnc(N2CCCN(c3ccc4nnc(-c5ccncc5)n4n3)CC2)c1F. The number of aromatic nitrogens is 7. The third kappa shape index (κ3) is 3.65. The maximum Gasteiger partial charge on any atom is 0.187 e. The van der Waals surface area contributed by atoms with Crippen molar-refractivity contribution >= 4 is 17.3 Å². The quantitative estimate of drug-likeness (QED) is 0.498. The van der Waals surface area contributed by atoms with Crippen molar-refractivity contribution in [2.75, 3.05) is 36.0 Å². The molecule has 0 saturated carbocycles. The first-order chi connectivity index (χ1) is 15.2. The monoisotopic (exact) mass is 419 g/mol. The van der Waals surface area contributed by atoms with Crippen LogP contribution < -0.4 is 9.80 Å². The van der Waals surface area contributed by atoms with Gasteiger partial charge < -0.3 is 9.80 Å². The molecule has 158 valence electrons. The lowest BCUT2D eigenvalue weighted by Crippen LogP contribution is -2.32. The van der Waals surface area contributed by atoms with Crippen LogP contribution in [0, 0.1) is 5.82 Å². The van der Waals surface area contributed by atoms with Gasteiger partial charge in [0, 0.05) is 44.1 Å². The summed E-state index contributed by atoms with van der Waals surface area (Å²) in [5.74, 6) is 1.58. The topological polar surface area (TPSA) is 88.2 Å². The molecule has 31 heavy (non-hydrogen) atoms. The van der Waals surface area contributed by atoms with Crippen LogP contribution in [-0.2, 0) is 6.42 Å². The zero-order chi connectivity index (χ0) is 21.2. The summed E-state index contributed by atoms with van der Waals surface area (Å²) in [4.78, 5) is 16.5. The lowest BCUT2D eigenvalue weighted by molar-refractivity contribution is 0.584. The van der Waals surface area contributed by atoms with E-state index in [9.17, 15) is 4.39 Å². The average molecular weight is 419 g/mol. The number of fused-ring (bicyclic) bond motifs is 1. The first-order valence-corrected chi connectivity index (χ1v) is 10.4. The molecule has 0 amide bonds. The van der Waals surface area contributed by atoms with Gasteiger partial charge >= 0.3 is 0 Å². The number of hydrogen-bond acceptors (Lipinski definition) is 8. The Labute approximate surface area is 178 Å². The summed E-state index contributed by atoms with van der Waals surface area (Å²) in [5, 5.41) is 13.3. The molecule has 0 atom stereocenters. The lowest BCUT2D eigenvalue weighted by atomic mass is 10.2. The van der Waals surface area contributed by atoms with E-state index in [1.54, 1.807) is 16.9 Å². The Bertz CT molecular complexity index is 1190. The van der Waals surface area contributed by atoms with Crippen molar-refractivity contribution in [2.45, 2.75) is 19.8 Å². The number of anilines is 2. The molecule has 0 aliphatic carbocycles. The van der Waals surface area contributed by atoms with Gasteiger partial charge in [0.2, 0.25) is 0 Å². The number of aryl methyl sites for hydroxylation is 1. The zero-order valence-corrected chi connectivity index (χ0v) is 17.2. The Kier molecular flexibility index (Phi) is 5.11. The van der Waals surface area contributed by atoms with Crippen LogP contribution in [-0.4, -0.2) is 60.9 Å². The van der Waals surface area contributed by atoms with E-state index >= 15 is 0 Å². The molecule has 4 aromatic rings. The van der Waals surface area contributed by atoms with E-state index in [1.807, 2.05) is 36.1 Å². The smallest absolute Gasteiger partial charge is 0.187 e. The minimum Gasteiger partial charge on any atom is -0.353 e. The highest BCUT2D eigenvalue weighted by atomic mass is 19.1. The molecule has 4 aromatic heterocycles. The van der Waals surface area contributed by atoms with Crippen molar-refractivity contribution in [3.05, 3.63) is 54.5 Å². The zero-order valence-electron chi connectivity index (χ0n) is 17.2. The molecule has 1 saturated heterocycles. The fourth-order valence-corrected chi connectivity index (χ4v) is 3.85. The predicted octanol–water partition coefficient (Wildman–Crippen LogP) is 2.39. The van der Waals surface area contributed by atoms with Gasteiger partial charge in [0.05, 0.1) is 5.69 Å². The summed E-state index contributed by atoms with van der Waals surface area (Å²) in [5.41, 5.74) is 2.04. The van der Waals surface area contributed by atoms with Gasteiger partial charge in [-0.15, -0.1) is 15.3 Å². The summed E-state index contributed by atoms with van der Waals surface area (Å²) >= 11 is 0. The first-order valence-electron chi connectivity index (χ1n) is 10.4. The molecule has 1 aliphatic heterocycles. The molecule has 5 heterocycles. The Morgan fingerprint density at radius 3 is 2.58 bits per heavy atom. The first kappa shape index (κ1) is 19.3. The Morgan fingerprint density at radius 2 is 1.74 bits per heavy atom. The van der Waals surface area contributed by atoms with Crippen LogP contribution in [0.1, 0.15) is 19.0 Å². The van der Waals surface area contributed by atoms with Crippen molar-refractivity contribution in [3.8, 4) is 11.4 Å². The van der Waals surface area contributed by atoms with E-state index in [0.717, 1.165) is 30.9 Å². The predicted molar refractivity (Wildman–Crippen MR) is 114 cm³/mol. The van der Waals surface area contributed by atoms with Gasteiger partial charge in [-0.25, -0.2) is 14.4 Å². The summed E-state index contributed by atoms with van der Waals surface area (Å²) < 4.78 is 16.5. The van der Waals surface area contributed by atoms with Crippen molar-refractivity contribution in [1.29, 1.82) is 0 Å². The number of nitrogens with zero attached hydrogens (tertiary/aromatic N) is 9. The van der Waals surface area contributed by atoms with Crippen LogP contribution in [0.2, 0.25) is 0 Å². The molecule has 0 spiro atoms. The van der Waals surface area contributed by atoms with Gasteiger partial charge in [0.15, 0.2) is 23.1 Å². The second-order valence-electron chi connectivity index (χ2n) is 7.36. The van der Waals surface area contributed by atoms with Gasteiger partial charge in [0.25, 0.3) is 0 Å². The maximum absolute atomic E-state index is 14.7. The Morgan fingerprint density at radius 1 is 0.935 bits per heavy atom. The number of rotatable bonds is 4. The highest BCUT2D eigenvalue weighted by Crippen LogP contribution is 2.23. The minimum absolute atomic E-state index is 0.315. The molecule has 1 aliphatic rings. The second-order valence-corrected chi connectivity index (χ2v) is 7.36. The fourth-order valence-electron chi connectivity index (χ4n) is 3.85. The highest BCUT2D eigenvalue weighted by Gasteiger charge is 2.22. The van der Waals surface area contributed by atoms with Crippen molar-refractivity contribution < 1.29 is 4.39 Å². The summed E-state index contributed by atoms with van der Waals surface area (Å²) in [6.45, 7) is 4.79. The highest BCUT2D eigenvalue weighted by molar-refractivity contribution is 5.59. The third-order valence-corrected chi connectivity index (χ3v) is 5.48. The van der Waals surface area contributed by atoms with Crippen molar-refractivity contribution in [3.63, 3.8) is 0 Å². The molecule has 0 N–H and O–H groups in total. The molecule has 10 heteroatoms. The summed E-state index contributed by atoms with van der Waals surface area (Å²) in [6.07, 6.45) is 6.30. The Hall–Kier alpha value is -3.69. The molecule has 0 radical (unpaired) electrons. The molecule has 9 nitrogen and oxygen atoms in total. The number of hydrogen-bond donors (Lipinski definition) is 0.